The number of rotatable bonds is 9. The van der Waals surface area contributed by atoms with Crippen LogP contribution in [-0.4, -0.2) is 72.8 Å². The van der Waals surface area contributed by atoms with Gasteiger partial charge in [0.15, 0.2) is 11.6 Å². The second kappa shape index (κ2) is 14.9. The second-order valence-corrected chi connectivity index (χ2v) is 13.1. The highest BCUT2D eigenvalue weighted by Gasteiger charge is 2.33. The fraction of sp³-hybridized carbons (Fsp3) is 0.562. The van der Waals surface area contributed by atoms with Gasteiger partial charge < -0.3 is 19.7 Å². The molecule has 2 amide bonds. The van der Waals surface area contributed by atoms with Crippen LogP contribution in [0.4, 0.5) is 13.6 Å². The number of hydrogen-bond acceptors (Lipinski definition) is 5. The summed E-state index contributed by atoms with van der Waals surface area (Å²) < 4.78 is 40.0. The minimum Gasteiger partial charge on any atom is -0.492 e. The third-order valence-electron chi connectivity index (χ3n) is 7.84. The molecule has 7 nitrogen and oxygen atoms in total. The van der Waals surface area contributed by atoms with Crippen molar-refractivity contribution >= 4 is 35.2 Å². The summed E-state index contributed by atoms with van der Waals surface area (Å²) >= 11 is 12.4. The lowest BCUT2D eigenvalue weighted by molar-refractivity contribution is -0.134. The summed E-state index contributed by atoms with van der Waals surface area (Å²) in [6, 6.07) is 6.42. The predicted molar refractivity (Wildman–Crippen MR) is 164 cm³/mol. The molecule has 0 aliphatic carbocycles. The number of halogens is 4. The maximum atomic E-state index is 14.4. The van der Waals surface area contributed by atoms with Gasteiger partial charge in [0.25, 0.3) is 0 Å². The number of alkyl carbamates (subject to hydrolysis) is 1. The zero-order valence-electron chi connectivity index (χ0n) is 25.1. The van der Waals surface area contributed by atoms with Crippen molar-refractivity contribution in [3.8, 4) is 5.75 Å². The molecule has 0 saturated carbocycles. The monoisotopic (exact) mass is 639 g/mol. The number of benzene rings is 2. The lowest BCUT2D eigenvalue weighted by atomic mass is 9.88. The van der Waals surface area contributed by atoms with E-state index >= 15 is 0 Å². The Morgan fingerprint density at radius 1 is 1.00 bits per heavy atom. The molecule has 2 aromatic carbocycles. The Kier molecular flexibility index (Phi) is 11.5. The van der Waals surface area contributed by atoms with Crippen LogP contribution in [0.2, 0.25) is 10.0 Å². The minimum absolute atomic E-state index is 0.118. The largest absolute Gasteiger partial charge is 0.492 e. The quantitative estimate of drug-likeness (QED) is 0.321. The molecule has 0 bridgehead atoms. The summed E-state index contributed by atoms with van der Waals surface area (Å²) in [6.45, 7) is 9.14. The van der Waals surface area contributed by atoms with E-state index in [1.165, 1.54) is 12.5 Å². The highest BCUT2D eigenvalue weighted by atomic mass is 35.5. The van der Waals surface area contributed by atoms with E-state index in [1.54, 1.807) is 43.9 Å². The van der Waals surface area contributed by atoms with E-state index in [1.807, 2.05) is 0 Å². The van der Waals surface area contributed by atoms with Crippen LogP contribution in [0.25, 0.3) is 0 Å². The molecule has 43 heavy (non-hydrogen) atoms. The van der Waals surface area contributed by atoms with Gasteiger partial charge in [0.1, 0.15) is 24.0 Å². The van der Waals surface area contributed by atoms with Gasteiger partial charge in [-0.2, -0.15) is 0 Å². The molecule has 2 aliphatic heterocycles. The number of amides is 2. The third kappa shape index (κ3) is 9.68. The molecule has 4 rings (SSSR count). The van der Waals surface area contributed by atoms with Crippen molar-refractivity contribution < 1.29 is 27.8 Å². The molecular formula is C32H41Cl2F2N3O4. The van der Waals surface area contributed by atoms with Crippen molar-refractivity contribution in [3.63, 3.8) is 0 Å². The number of carbonyl (C=O) groups is 2. The SMILES string of the molecule is CC(C)(C)OC(=O)NC(Cc1ccc(Cl)cc1Cl)C(=O)N1CCC(c2cc(F)c(F)cc2OCCN2CCCCC2)CC1. The van der Waals surface area contributed by atoms with Gasteiger partial charge in [0, 0.05) is 47.7 Å². The van der Waals surface area contributed by atoms with E-state index in [-0.39, 0.29) is 18.2 Å². The van der Waals surface area contributed by atoms with Crippen LogP contribution in [-0.2, 0) is 16.0 Å². The summed E-state index contributed by atoms with van der Waals surface area (Å²) in [7, 11) is 0. The standard InChI is InChI=1S/C32H41Cl2F2N3O4/c1-32(2,3)43-31(41)37-28(17-22-7-8-23(33)18-25(22)34)30(40)39-13-9-21(10-14-39)24-19-26(35)27(36)20-29(24)42-16-15-38-11-5-4-6-12-38/h7-8,18-21,28H,4-6,9-17H2,1-3H3,(H,37,41). The molecule has 2 aromatic rings. The second-order valence-electron chi connectivity index (χ2n) is 12.3. The first kappa shape index (κ1) is 33.3. The Bertz CT molecular complexity index is 1280. The average Bonchev–Trinajstić information content (AvgIpc) is 2.95. The zero-order chi connectivity index (χ0) is 31.1. The predicted octanol–water partition coefficient (Wildman–Crippen LogP) is 6.98. The molecule has 2 heterocycles. The van der Waals surface area contributed by atoms with Gasteiger partial charge in [0.05, 0.1) is 0 Å². The first-order valence-corrected chi connectivity index (χ1v) is 15.7. The van der Waals surface area contributed by atoms with Crippen molar-refractivity contribution in [2.75, 3.05) is 39.3 Å². The van der Waals surface area contributed by atoms with Gasteiger partial charge in [-0.05, 0) is 89.2 Å². The topological polar surface area (TPSA) is 71.1 Å². The lowest BCUT2D eigenvalue weighted by Crippen LogP contribution is -2.52. The molecule has 236 valence electrons. The average molecular weight is 641 g/mol. The van der Waals surface area contributed by atoms with Gasteiger partial charge in [-0.25, -0.2) is 13.6 Å². The van der Waals surface area contributed by atoms with Crippen LogP contribution in [0, 0.1) is 11.6 Å². The Labute approximate surface area is 262 Å². The van der Waals surface area contributed by atoms with Crippen LogP contribution >= 0.6 is 23.2 Å². The van der Waals surface area contributed by atoms with E-state index in [2.05, 4.69) is 10.2 Å². The first-order valence-electron chi connectivity index (χ1n) is 15.0. The summed E-state index contributed by atoms with van der Waals surface area (Å²) in [5, 5.41) is 3.57. The number of hydrogen-bond donors (Lipinski definition) is 1. The summed E-state index contributed by atoms with van der Waals surface area (Å²) in [5.41, 5.74) is 0.524. The fourth-order valence-electron chi connectivity index (χ4n) is 5.64. The molecule has 1 atom stereocenters. The van der Waals surface area contributed by atoms with Crippen molar-refractivity contribution in [1.82, 2.24) is 15.1 Å². The van der Waals surface area contributed by atoms with E-state index in [0.29, 0.717) is 59.5 Å². The Morgan fingerprint density at radius 3 is 2.33 bits per heavy atom. The van der Waals surface area contributed by atoms with Crippen LogP contribution in [0.1, 0.15) is 69.9 Å². The Balaban J connectivity index is 1.43. The molecule has 2 fully saturated rings. The van der Waals surface area contributed by atoms with Gasteiger partial charge in [-0.1, -0.05) is 35.7 Å². The van der Waals surface area contributed by atoms with Crippen LogP contribution in [0.5, 0.6) is 5.75 Å². The lowest BCUT2D eigenvalue weighted by Gasteiger charge is -2.35. The molecule has 0 aromatic heterocycles. The molecule has 0 radical (unpaired) electrons. The van der Waals surface area contributed by atoms with E-state index in [9.17, 15) is 18.4 Å². The van der Waals surface area contributed by atoms with Crippen LogP contribution < -0.4 is 10.1 Å². The first-order chi connectivity index (χ1) is 20.4. The van der Waals surface area contributed by atoms with Crippen molar-refractivity contribution in [3.05, 3.63) is 63.1 Å². The van der Waals surface area contributed by atoms with Crippen molar-refractivity contribution in [1.29, 1.82) is 0 Å². The van der Waals surface area contributed by atoms with Gasteiger partial charge >= 0.3 is 6.09 Å². The normalized spacial score (nSPS) is 17.4. The van der Waals surface area contributed by atoms with E-state index < -0.39 is 29.4 Å². The van der Waals surface area contributed by atoms with Crippen molar-refractivity contribution in [2.24, 2.45) is 0 Å². The molecule has 1 unspecified atom stereocenters. The number of nitrogens with zero attached hydrogens (tertiary/aromatic N) is 2. The summed E-state index contributed by atoms with van der Waals surface area (Å²) in [4.78, 5) is 30.4. The fourth-order valence-corrected chi connectivity index (χ4v) is 6.13. The third-order valence-corrected chi connectivity index (χ3v) is 8.43. The smallest absolute Gasteiger partial charge is 0.408 e. The molecule has 2 aliphatic rings. The van der Waals surface area contributed by atoms with Crippen LogP contribution in [0.15, 0.2) is 30.3 Å². The molecule has 0 spiro atoms. The summed E-state index contributed by atoms with van der Waals surface area (Å²) in [5.74, 6) is -1.91. The molecule has 2 saturated heterocycles. The van der Waals surface area contributed by atoms with Crippen LogP contribution in [0.3, 0.4) is 0 Å². The van der Waals surface area contributed by atoms with E-state index in [0.717, 1.165) is 38.5 Å². The Morgan fingerprint density at radius 2 is 1.67 bits per heavy atom. The number of likely N-dealkylation sites (tertiary alicyclic amines) is 2. The number of carbonyl (C=O) groups excluding carboxylic acids is 2. The van der Waals surface area contributed by atoms with E-state index in [4.69, 9.17) is 32.7 Å². The number of piperidine rings is 2. The van der Waals surface area contributed by atoms with Gasteiger partial charge in [0.2, 0.25) is 5.91 Å². The summed E-state index contributed by atoms with van der Waals surface area (Å²) in [6.07, 6.45) is 4.05. The zero-order valence-corrected chi connectivity index (χ0v) is 26.6. The minimum atomic E-state index is -0.943. The molecular weight excluding hydrogens is 599 g/mol. The Hall–Kier alpha value is -2.62. The maximum absolute atomic E-state index is 14.4. The van der Waals surface area contributed by atoms with Crippen molar-refractivity contribution in [2.45, 2.75) is 76.9 Å². The highest BCUT2D eigenvalue weighted by molar-refractivity contribution is 6.35. The highest BCUT2D eigenvalue weighted by Crippen LogP contribution is 2.36. The molecule has 1 N–H and O–H groups in total. The molecule has 11 heteroatoms. The number of nitrogens with one attached hydrogen (secondary N) is 1. The number of ether oxygens (including phenoxy) is 2. The maximum Gasteiger partial charge on any atom is 0.408 e. The van der Waals surface area contributed by atoms with Gasteiger partial charge in [-0.15, -0.1) is 0 Å². The van der Waals surface area contributed by atoms with Gasteiger partial charge in [-0.3, -0.25) is 9.69 Å².